The van der Waals surface area contributed by atoms with Gasteiger partial charge in [0.1, 0.15) is 0 Å². The minimum atomic E-state index is -1.75. The summed E-state index contributed by atoms with van der Waals surface area (Å²) >= 11 is 0. The van der Waals surface area contributed by atoms with E-state index in [0.717, 1.165) is 5.56 Å². The molecule has 0 aliphatic heterocycles. The fourth-order valence-corrected chi connectivity index (χ4v) is 3.05. The Morgan fingerprint density at radius 3 is 2.52 bits per heavy atom. The number of aliphatic carboxylic acids is 1. The Kier molecular flexibility index (Phi) is 4.24. The molecule has 0 spiro atoms. The third-order valence-electron chi connectivity index (χ3n) is 4.26. The number of nitro groups is 1. The van der Waals surface area contributed by atoms with Crippen molar-refractivity contribution in [1.82, 2.24) is 4.57 Å². The maximum atomic E-state index is 11.3. The van der Waals surface area contributed by atoms with Gasteiger partial charge in [-0.3, -0.25) is 10.1 Å². The van der Waals surface area contributed by atoms with Gasteiger partial charge in [-0.15, -0.1) is 0 Å². The van der Waals surface area contributed by atoms with E-state index in [1.54, 1.807) is 13.0 Å². The van der Waals surface area contributed by atoms with E-state index in [9.17, 15) is 25.1 Å². The molecule has 7 nitrogen and oxygen atoms in total. The Morgan fingerprint density at radius 2 is 1.92 bits per heavy atom. The lowest BCUT2D eigenvalue weighted by molar-refractivity contribution is -0.384. The zero-order valence-corrected chi connectivity index (χ0v) is 13.4. The SMILES string of the molecule is Cc1c(C(O)C(=O)O)c2cc([N+](=O)[O-])ccc2n1Cc1ccccc1. The van der Waals surface area contributed by atoms with Crippen molar-refractivity contribution in [3.63, 3.8) is 0 Å². The molecule has 128 valence electrons. The highest BCUT2D eigenvalue weighted by molar-refractivity contribution is 5.92. The van der Waals surface area contributed by atoms with Crippen LogP contribution >= 0.6 is 0 Å². The molecular formula is C18H16N2O5. The lowest BCUT2D eigenvalue weighted by Crippen LogP contribution is -2.12. The van der Waals surface area contributed by atoms with E-state index in [0.29, 0.717) is 23.1 Å². The molecule has 1 atom stereocenters. The van der Waals surface area contributed by atoms with Gasteiger partial charge in [0.15, 0.2) is 6.10 Å². The van der Waals surface area contributed by atoms with Gasteiger partial charge >= 0.3 is 5.97 Å². The molecule has 0 amide bonds. The summed E-state index contributed by atoms with van der Waals surface area (Å²) in [7, 11) is 0. The second kappa shape index (κ2) is 6.37. The second-order valence-electron chi connectivity index (χ2n) is 5.77. The van der Waals surface area contributed by atoms with Crippen molar-refractivity contribution in [3.8, 4) is 0 Å². The van der Waals surface area contributed by atoms with Gasteiger partial charge in [-0.1, -0.05) is 30.3 Å². The van der Waals surface area contributed by atoms with Crippen molar-refractivity contribution >= 4 is 22.6 Å². The molecule has 0 radical (unpaired) electrons. The number of rotatable bonds is 5. The van der Waals surface area contributed by atoms with Crippen LogP contribution in [0.5, 0.6) is 0 Å². The van der Waals surface area contributed by atoms with E-state index in [1.165, 1.54) is 12.1 Å². The maximum Gasteiger partial charge on any atom is 0.337 e. The number of carbonyl (C=O) groups is 1. The number of nitro benzene ring substituents is 1. The standard InChI is InChI=1S/C18H16N2O5/c1-11-16(17(21)18(22)23)14-9-13(20(24)25)7-8-15(14)19(11)10-12-5-3-2-4-6-12/h2-9,17,21H,10H2,1H3,(H,22,23). The van der Waals surface area contributed by atoms with Crippen LogP contribution in [0, 0.1) is 17.0 Å². The average Bonchev–Trinajstić information content (AvgIpc) is 2.86. The van der Waals surface area contributed by atoms with E-state index >= 15 is 0 Å². The van der Waals surface area contributed by atoms with Gasteiger partial charge in [-0.05, 0) is 18.6 Å². The van der Waals surface area contributed by atoms with E-state index in [-0.39, 0.29) is 11.3 Å². The average molecular weight is 340 g/mol. The molecule has 1 heterocycles. The van der Waals surface area contributed by atoms with Crippen molar-refractivity contribution in [1.29, 1.82) is 0 Å². The van der Waals surface area contributed by atoms with Crippen LogP contribution in [-0.4, -0.2) is 25.7 Å². The van der Waals surface area contributed by atoms with E-state index in [2.05, 4.69) is 0 Å². The number of aliphatic hydroxyl groups excluding tert-OH is 1. The van der Waals surface area contributed by atoms with Gasteiger partial charge < -0.3 is 14.8 Å². The van der Waals surface area contributed by atoms with Crippen molar-refractivity contribution < 1.29 is 19.9 Å². The fourth-order valence-electron chi connectivity index (χ4n) is 3.05. The summed E-state index contributed by atoms with van der Waals surface area (Å²) < 4.78 is 1.86. The molecule has 0 aliphatic carbocycles. The molecule has 25 heavy (non-hydrogen) atoms. The summed E-state index contributed by atoms with van der Waals surface area (Å²) in [6.07, 6.45) is -1.75. The van der Waals surface area contributed by atoms with Gasteiger partial charge in [0, 0.05) is 40.8 Å². The van der Waals surface area contributed by atoms with Gasteiger partial charge in [0.2, 0.25) is 0 Å². The van der Waals surface area contributed by atoms with Crippen LogP contribution in [0.15, 0.2) is 48.5 Å². The number of carboxylic acids is 1. The molecule has 7 heteroatoms. The van der Waals surface area contributed by atoms with E-state index < -0.39 is 17.0 Å². The molecule has 1 unspecified atom stereocenters. The lowest BCUT2D eigenvalue weighted by Gasteiger charge is -2.10. The van der Waals surface area contributed by atoms with Crippen molar-refractivity contribution in [2.24, 2.45) is 0 Å². The zero-order chi connectivity index (χ0) is 18.1. The predicted molar refractivity (Wildman–Crippen MR) is 91.5 cm³/mol. The van der Waals surface area contributed by atoms with Crippen LogP contribution in [0.3, 0.4) is 0 Å². The quantitative estimate of drug-likeness (QED) is 0.548. The van der Waals surface area contributed by atoms with Crippen LogP contribution in [-0.2, 0) is 11.3 Å². The monoisotopic (exact) mass is 340 g/mol. The Morgan fingerprint density at radius 1 is 1.24 bits per heavy atom. The van der Waals surface area contributed by atoms with Crippen LogP contribution < -0.4 is 0 Å². The maximum absolute atomic E-state index is 11.3. The van der Waals surface area contributed by atoms with Crippen molar-refractivity contribution in [2.75, 3.05) is 0 Å². The largest absolute Gasteiger partial charge is 0.479 e. The number of hydrogen-bond donors (Lipinski definition) is 2. The fraction of sp³-hybridized carbons (Fsp3) is 0.167. The van der Waals surface area contributed by atoms with Gasteiger partial charge in [0.05, 0.1) is 4.92 Å². The molecule has 3 aromatic rings. The number of nitrogens with zero attached hydrogens (tertiary/aromatic N) is 2. The molecule has 0 bridgehead atoms. The van der Waals surface area contributed by atoms with Gasteiger partial charge in [-0.2, -0.15) is 0 Å². The van der Waals surface area contributed by atoms with E-state index in [1.807, 2.05) is 34.9 Å². The number of fused-ring (bicyclic) bond motifs is 1. The van der Waals surface area contributed by atoms with Crippen LogP contribution in [0.2, 0.25) is 0 Å². The summed E-state index contributed by atoms with van der Waals surface area (Å²) in [5, 5.41) is 30.7. The van der Waals surface area contributed by atoms with Gasteiger partial charge in [-0.25, -0.2) is 4.79 Å². The summed E-state index contributed by atoms with van der Waals surface area (Å²) in [6.45, 7) is 2.17. The number of non-ortho nitro benzene ring substituents is 1. The molecule has 0 aliphatic rings. The van der Waals surface area contributed by atoms with Crippen LogP contribution in [0.25, 0.3) is 10.9 Å². The first kappa shape index (κ1) is 16.7. The molecule has 2 N–H and O–H groups in total. The first-order chi connectivity index (χ1) is 11.9. The summed E-state index contributed by atoms with van der Waals surface area (Å²) in [4.78, 5) is 21.8. The number of hydrogen-bond acceptors (Lipinski definition) is 4. The summed E-state index contributed by atoms with van der Waals surface area (Å²) in [6, 6.07) is 13.8. The highest BCUT2D eigenvalue weighted by Gasteiger charge is 2.26. The predicted octanol–water partition coefficient (Wildman–Crippen LogP) is 3.02. The summed E-state index contributed by atoms with van der Waals surface area (Å²) in [5.41, 5.74) is 2.24. The normalized spacial score (nSPS) is 12.2. The minimum Gasteiger partial charge on any atom is -0.479 e. The molecule has 3 rings (SSSR count). The molecule has 0 saturated heterocycles. The van der Waals surface area contributed by atoms with Gasteiger partial charge in [0.25, 0.3) is 5.69 Å². The molecule has 0 saturated carbocycles. The Labute approximate surface area is 142 Å². The van der Waals surface area contributed by atoms with Crippen LogP contribution in [0.4, 0.5) is 5.69 Å². The number of aromatic nitrogens is 1. The Balaban J connectivity index is 2.25. The highest BCUT2D eigenvalue weighted by Crippen LogP contribution is 2.34. The topological polar surface area (TPSA) is 106 Å². The highest BCUT2D eigenvalue weighted by atomic mass is 16.6. The van der Waals surface area contributed by atoms with Crippen LogP contribution in [0.1, 0.15) is 22.9 Å². The zero-order valence-electron chi connectivity index (χ0n) is 13.4. The Bertz CT molecular complexity index is 963. The van der Waals surface area contributed by atoms with E-state index in [4.69, 9.17) is 0 Å². The van der Waals surface area contributed by atoms with Crippen molar-refractivity contribution in [3.05, 3.63) is 75.5 Å². The Hall–Kier alpha value is -3.19. The number of benzene rings is 2. The third kappa shape index (κ3) is 2.97. The third-order valence-corrected chi connectivity index (χ3v) is 4.26. The first-order valence-electron chi connectivity index (χ1n) is 7.62. The molecular weight excluding hydrogens is 324 g/mol. The second-order valence-corrected chi connectivity index (χ2v) is 5.77. The number of carboxylic acid groups (broad SMARTS) is 1. The van der Waals surface area contributed by atoms with Crippen molar-refractivity contribution in [2.45, 2.75) is 19.6 Å². The molecule has 0 fully saturated rings. The lowest BCUT2D eigenvalue weighted by atomic mass is 10.1. The number of aliphatic hydroxyl groups is 1. The smallest absolute Gasteiger partial charge is 0.337 e. The summed E-state index contributed by atoms with van der Waals surface area (Å²) in [5.74, 6) is -1.40. The minimum absolute atomic E-state index is 0.150. The molecule has 2 aromatic carbocycles. The molecule has 1 aromatic heterocycles. The first-order valence-corrected chi connectivity index (χ1v) is 7.62.